The molecule has 2 fully saturated rings. The van der Waals surface area contributed by atoms with Crippen molar-refractivity contribution in [3.05, 3.63) is 27.6 Å². The third-order valence-electron chi connectivity index (χ3n) is 6.62. The van der Waals surface area contributed by atoms with E-state index in [1.54, 1.807) is 12.3 Å². The number of hydrogen-bond acceptors (Lipinski definition) is 8. The van der Waals surface area contributed by atoms with Crippen LogP contribution in [-0.4, -0.2) is 73.9 Å². The van der Waals surface area contributed by atoms with E-state index in [-0.39, 0.29) is 30.3 Å². The molecule has 0 atom stereocenters. The number of anilines is 2. The van der Waals surface area contributed by atoms with Crippen molar-refractivity contribution in [3.63, 3.8) is 0 Å². The molecule has 2 amide bonds. The average molecular weight is 478 g/mol. The van der Waals surface area contributed by atoms with E-state index in [1.165, 1.54) is 24.7 Å². The van der Waals surface area contributed by atoms with Crippen LogP contribution in [0.1, 0.15) is 33.6 Å². The summed E-state index contributed by atoms with van der Waals surface area (Å²) >= 11 is 1.23. The predicted octanol–water partition coefficient (Wildman–Crippen LogP) is 2.34. The molecule has 10 nitrogen and oxygen atoms in total. The van der Waals surface area contributed by atoms with Crippen molar-refractivity contribution in [2.75, 3.05) is 57.1 Å². The number of quaternary nitrogens is 1. The van der Waals surface area contributed by atoms with Gasteiger partial charge in [0, 0.05) is 23.8 Å². The molecule has 1 spiro atoms. The first-order valence-corrected chi connectivity index (χ1v) is 11.7. The number of aromatic nitrogens is 1. The standard InChI is InChI=1S/C22H28N4O6S/c1-14-10-32-25-20(14)24-17(28)9-26(6-4-22(5-7-26)12-31-13-22)8-16(27)23-18-15(2)11-33-19(18)21(29)30-3/h10-11H,4-9,12-13H2,1-3H3,(H-,23,24,25,27,28,29)/p+1. The van der Waals surface area contributed by atoms with Gasteiger partial charge in [0.25, 0.3) is 11.8 Å². The number of rotatable bonds is 7. The molecule has 0 aromatic carbocycles. The maximum atomic E-state index is 13.1. The predicted molar refractivity (Wildman–Crippen MR) is 121 cm³/mol. The zero-order chi connectivity index (χ0) is 23.6. The van der Waals surface area contributed by atoms with E-state index in [4.69, 9.17) is 14.0 Å². The van der Waals surface area contributed by atoms with Gasteiger partial charge in [0.2, 0.25) is 0 Å². The molecule has 0 unspecified atom stereocenters. The maximum absolute atomic E-state index is 13.1. The largest absolute Gasteiger partial charge is 0.465 e. The third-order valence-corrected chi connectivity index (χ3v) is 7.70. The highest BCUT2D eigenvalue weighted by Crippen LogP contribution is 2.40. The molecule has 0 radical (unpaired) electrons. The van der Waals surface area contributed by atoms with Crippen molar-refractivity contribution in [2.24, 2.45) is 5.41 Å². The van der Waals surface area contributed by atoms with Crippen LogP contribution in [0.2, 0.25) is 0 Å². The summed E-state index contributed by atoms with van der Waals surface area (Å²) in [7, 11) is 1.31. The van der Waals surface area contributed by atoms with Crippen molar-refractivity contribution < 1.29 is 32.9 Å². The number of amides is 2. The number of methoxy groups -OCH3 is 1. The van der Waals surface area contributed by atoms with Gasteiger partial charge in [0.15, 0.2) is 18.9 Å². The third kappa shape index (κ3) is 4.94. The fourth-order valence-corrected chi connectivity index (χ4v) is 5.37. The van der Waals surface area contributed by atoms with Crippen LogP contribution >= 0.6 is 11.3 Å². The second kappa shape index (κ2) is 9.24. The summed E-state index contributed by atoms with van der Waals surface area (Å²) in [5.74, 6) is -0.560. The van der Waals surface area contributed by atoms with E-state index in [2.05, 4.69) is 15.8 Å². The topological polar surface area (TPSA) is 120 Å². The van der Waals surface area contributed by atoms with Crippen molar-refractivity contribution in [1.29, 1.82) is 0 Å². The molecule has 11 heteroatoms. The normalized spacial score (nSPS) is 18.4. The molecule has 2 aliphatic rings. The van der Waals surface area contributed by atoms with Gasteiger partial charge >= 0.3 is 5.97 Å². The van der Waals surface area contributed by atoms with Crippen molar-refractivity contribution in [1.82, 2.24) is 5.16 Å². The van der Waals surface area contributed by atoms with Crippen LogP contribution in [0.15, 0.2) is 16.2 Å². The summed E-state index contributed by atoms with van der Waals surface area (Å²) in [5.41, 5.74) is 2.17. The number of thiophene rings is 1. The highest BCUT2D eigenvalue weighted by molar-refractivity contribution is 7.12. The molecule has 0 bridgehead atoms. The Morgan fingerprint density at radius 1 is 1.12 bits per heavy atom. The zero-order valence-electron chi connectivity index (χ0n) is 19.1. The van der Waals surface area contributed by atoms with Crippen LogP contribution in [0.3, 0.4) is 0 Å². The minimum atomic E-state index is -0.487. The molecule has 4 rings (SSSR count). The number of esters is 1. The fraction of sp³-hybridized carbons (Fsp3) is 0.545. The van der Waals surface area contributed by atoms with Crippen LogP contribution in [0.5, 0.6) is 0 Å². The lowest BCUT2D eigenvalue weighted by atomic mass is 9.76. The molecule has 33 heavy (non-hydrogen) atoms. The Hall–Kier alpha value is -2.76. The van der Waals surface area contributed by atoms with Gasteiger partial charge in [0.1, 0.15) is 11.1 Å². The van der Waals surface area contributed by atoms with Gasteiger partial charge in [-0.25, -0.2) is 4.79 Å². The first-order chi connectivity index (χ1) is 15.7. The molecule has 178 valence electrons. The van der Waals surface area contributed by atoms with Gasteiger partial charge in [-0.2, -0.15) is 0 Å². The Morgan fingerprint density at radius 2 is 1.79 bits per heavy atom. The van der Waals surface area contributed by atoms with E-state index < -0.39 is 5.97 Å². The zero-order valence-corrected chi connectivity index (χ0v) is 19.9. The minimum absolute atomic E-state index is 0.123. The van der Waals surface area contributed by atoms with Gasteiger partial charge in [0.05, 0.1) is 39.1 Å². The van der Waals surface area contributed by atoms with Gasteiger partial charge in [-0.3, -0.25) is 9.59 Å². The number of carbonyl (C=O) groups excluding carboxylic acids is 3. The second-order valence-corrected chi connectivity index (χ2v) is 10.0. The Labute approximate surface area is 195 Å². The van der Waals surface area contributed by atoms with Crippen molar-refractivity contribution in [2.45, 2.75) is 26.7 Å². The molecule has 4 heterocycles. The Morgan fingerprint density at radius 3 is 2.33 bits per heavy atom. The summed E-state index contributed by atoms with van der Waals surface area (Å²) in [5, 5.41) is 11.3. The molecular weight excluding hydrogens is 448 g/mol. The Balaban J connectivity index is 1.48. The minimum Gasteiger partial charge on any atom is -0.465 e. The van der Waals surface area contributed by atoms with E-state index in [1.807, 2.05) is 6.92 Å². The number of aryl methyl sites for hydroxylation is 2. The maximum Gasteiger partial charge on any atom is 0.350 e. The lowest BCUT2D eigenvalue weighted by molar-refractivity contribution is -0.920. The van der Waals surface area contributed by atoms with E-state index in [0.29, 0.717) is 34.0 Å². The summed E-state index contributed by atoms with van der Waals surface area (Å²) in [6.07, 6.45) is 3.25. The highest BCUT2D eigenvalue weighted by Gasteiger charge is 2.48. The second-order valence-electron chi connectivity index (χ2n) is 9.15. The van der Waals surface area contributed by atoms with Crippen LogP contribution in [0.4, 0.5) is 11.5 Å². The number of piperidine rings is 1. The number of ether oxygens (including phenoxy) is 2. The van der Waals surface area contributed by atoms with Crippen LogP contribution in [0.25, 0.3) is 0 Å². The quantitative estimate of drug-likeness (QED) is 0.464. The number of hydrogen-bond donors (Lipinski definition) is 2. The Kier molecular flexibility index (Phi) is 6.55. The lowest BCUT2D eigenvalue weighted by Crippen LogP contribution is -2.63. The lowest BCUT2D eigenvalue weighted by Gasteiger charge is -2.51. The Bertz CT molecular complexity index is 1050. The molecule has 0 aliphatic carbocycles. The fourth-order valence-electron chi connectivity index (χ4n) is 4.45. The number of nitrogens with zero attached hydrogens (tertiary/aromatic N) is 2. The summed E-state index contributed by atoms with van der Waals surface area (Å²) in [6, 6.07) is 0. The molecule has 2 N–H and O–H groups in total. The highest BCUT2D eigenvalue weighted by atomic mass is 32.1. The van der Waals surface area contributed by atoms with Gasteiger partial charge < -0.3 is 29.1 Å². The van der Waals surface area contributed by atoms with E-state index >= 15 is 0 Å². The number of carbonyl (C=O) groups is 3. The first kappa shape index (κ1) is 23.4. The van der Waals surface area contributed by atoms with E-state index in [0.717, 1.165) is 37.2 Å². The van der Waals surface area contributed by atoms with Crippen molar-refractivity contribution in [3.8, 4) is 0 Å². The van der Waals surface area contributed by atoms with E-state index in [9.17, 15) is 14.4 Å². The molecule has 2 saturated heterocycles. The van der Waals surface area contributed by atoms with Gasteiger partial charge in [-0.15, -0.1) is 11.3 Å². The summed E-state index contributed by atoms with van der Waals surface area (Å²) < 4.78 is 15.5. The van der Waals surface area contributed by atoms with Crippen molar-refractivity contribution >= 4 is 40.6 Å². The average Bonchev–Trinajstić information content (AvgIpc) is 3.32. The van der Waals surface area contributed by atoms with Crippen LogP contribution in [0, 0.1) is 19.3 Å². The summed E-state index contributed by atoms with van der Waals surface area (Å²) in [4.78, 5) is 38.5. The van der Waals surface area contributed by atoms with Gasteiger partial charge in [-0.1, -0.05) is 5.16 Å². The molecule has 2 aromatic heterocycles. The molecule has 2 aromatic rings. The smallest absolute Gasteiger partial charge is 0.350 e. The molecule has 0 saturated carbocycles. The number of nitrogens with one attached hydrogen (secondary N) is 2. The first-order valence-electron chi connectivity index (χ1n) is 10.8. The molecular formula is C22H29N4O6S+. The van der Waals surface area contributed by atoms with Gasteiger partial charge in [-0.05, 0) is 24.8 Å². The monoisotopic (exact) mass is 477 g/mol. The summed E-state index contributed by atoms with van der Waals surface area (Å²) in [6.45, 7) is 6.75. The molecule has 2 aliphatic heterocycles. The number of likely N-dealkylation sites (tertiary alicyclic amines) is 1. The van der Waals surface area contributed by atoms with Crippen LogP contribution in [-0.2, 0) is 19.1 Å². The van der Waals surface area contributed by atoms with Crippen LogP contribution < -0.4 is 10.6 Å². The SMILES string of the molecule is COC(=O)c1scc(C)c1NC(=O)C[N+]1(CC(=O)Nc2nocc2C)CCC2(CC1)COC2.